The highest BCUT2D eigenvalue weighted by Gasteiger charge is 2.38. The molecule has 0 aliphatic carbocycles. The van der Waals surface area contributed by atoms with Crippen molar-refractivity contribution in [1.82, 2.24) is 9.62 Å². The Labute approximate surface area is 179 Å². The summed E-state index contributed by atoms with van der Waals surface area (Å²) in [6, 6.07) is 14.5. The Hall–Kier alpha value is -3.24. The molecule has 3 amide bonds. The van der Waals surface area contributed by atoms with Crippen molar-refractivity contribution in [2.75, 3.05) is 18.0 Å². The summed E-state index contributed by atoms with van der Waals surface area (Å²) in [4.78, 5) is 36.7. The molecule has 2 fully saturated rings. The fourth-order valence-corrected chi connectivity index (χ4v) is 4.97. The molecule has 0 bridgehead atoms. The first-order valence-corrected chi connectivity index (χ1v) is 11.2. The number of hydrogen-bond donors (Lipinski definition) is 1. The molecule has 0 atom stereocenters. The predicted octanol–water partition coefficient (Wildman–Crippen LogP) is 1.64. The first kappa shape index (κ1) is 21.0. The number of benzene rings is 2. The van der Waals surface area contributed by atoms with Gasteiger partial charge in [-0.25, -0.2) is 13.2 Å². The Morgan fingerprint density at radius 2 is 1.58 bits per heavy atom. The molecular weight excluding hydrogens is 422 g/mol. The largest absolute Gasteiger partial charge is 0.445 e. The van der Waals surface area contributed by atoms with E-state index in [9.17, 15) is 22.8 Å². The van der Waals surface area contributed by atoms with Crippen LogP contribution in [0.5, 0.6) is 0 Å². The van der Waals surface area contributed by atoms with Crippen molar-refractivity contribution >= 4 is 33.6 Å². The van der Waals surface area contributed by atoms with Gasteiger partial charge in [-0.1, -0.05) is 30.3 Å². The minimum absolute atomic E-state index is 0.0560. The van der Waals surface area contributed by atoms with Gasteiger partial charge in [0.2, 0.25) is 21.8 Å². The SMILES string of the molecule is O=C(NC1CN(S(=O)(=O)c2ccc(N3C(=O)CCC3=O)cc2)C1)OCc1ccccc1. The van der Waals surface area contributed by atoms with Gasteiger partial charge in [0.05, 0.1) is 16.6 Å². The van der Waals surface area contributed by atoms with Crippen LogP contribution >= 0.6 is 0 Å². The molecule has 10 heteroatoms. The number of amides is 3. The molecule has 162 valence electrons. The molecule has 2 aromatic carbocycles. The van der Waals surface area contributed by atoms with Gasteiger partial charge in [0.25, 0.3) is 0 Å². The van der Waals surface area contributed by atoms with Gasteiger partial charge in [-0.2, -0.15) is 4.31 Å². The maximum Gasteiger partial charge on any atom is 0.407 e. The lowest BCUT2D eigenvalue weighted by Crippen LogP contribution is -2.60. The molecule has 1 N–H and O–H groups in total. The third-order valence-electron chi connectivity index (χ3n) is 5.17. The second-order valence-corrected chi connectivity index (χ2v) is 9.28. The van der Waals surface area contributed by atoms with E-state index in [-0.39, 0.29) is 55.3 Å². The third-order valence-corrected chi connectivity index (χ3v) is 7.01. The number of carbonyl (C=O) groups excluding carboxylic acids is 3. The zero-order valence-corrected chi connectivity index (χ0v) is 17.4. The number of nitrogens with one attached hydrogen (secondary N) is 1. The number of sulfonamides is 1. The first-order valence-electron chi connectivity index (χ1n) is 9.78. The number of rotatable bonds is 6. The fourth-order valence-electron chi connectivity index (χ4n) is 3.44. The molecule has 2 heterocycles. The van der Waals surface area contributed by atoms with Gasteiger partial charge < -0.3 is 10.1 Å². The van der Waals surface area contributed by atoms with Gasteiger partial charge in [-0.3, -0.25) is 14.5 Å². The number of imide groups is 1. The van der Waals surface area contributed by atoms with E-state index in [0.717, 1.165) is 10.5 Å². The standard InChI is InChI=1S/C21H21N3O6S/c25-19-10-11-20(26)24(19)17-6-8-18(9-7-17)31(28,29)23-12-16(13-23)22-21(27)30-14-15-4-2-1-3-5-15/h1-9,16H,10-14H2,(H,22,27). The summed E-state index contributed by atoms with van der Waals surface area (Å²) in [5.41, 5.74) is 1.21. The number of anilines is 1. The topological polar surface area (TPSA) is 113 Å². The van der Waals surface area contributed by atoms with Crippen LogP contribution in [0.4, 0.5) is 10.5 Å². The molecule has 0 aromatic heterocycles. The lowest BCUT2D eigenvalue weighted by atomic mass is 10.2. The molecule has 2 saturated heterocycles. The lowest BCUT2D eigenvalue weighted by molar-refractivity contribution is -0.121. The Bertz CT molecular complexity index is 1080. The lowest BCUT2D eigenvalue weighted by Gasteiger charge is -2.38. The molecule has 0 unspecified atom stereocenters. The second-order valence-electron chi connectivity index (χ2n) is 7.34. The zero-order chi connectivity index (χ0) is 22.0. The Morgan fingerprint density at radius 1 is 0.968 bits per heavy atom. The Morgan fingerprint density at radius 3 is 2.19 bits per heavy atom. The molecule has 31 heavy (non-hydrogen) atoms. The van der Waals surface area contributed by atoms with Gasteiger partial charge in [-0.15, -0.1) is 0 Å². The van der Waals surface area contributed by atoms with Crippen molar-refractivity contribution in [2.45, 2.75) is 30.4 Å². The highest BCUT2D eigenvalue weighted by atomic mass is 32.2. The van der Waals surface area contributed by atoms with Gasteiger partial charge in [0.1, 0.15) is 6.61 Å². The van der Waals surface area contributed by atoms with Gasteiger partial charge in [0.15, 0.2) is 0 Å². The summed E-state index contributed by atoms with van der Waals surface area (Å²) < 4.78 is 31.9. The first-order chi connectivity index (χ1) is 14.8. The van der Waals surface area contributed by atoms with Crippen molar-refractivity contribution in [2.24, 2.45) is 0 Å². The maximum absolute atomic E-state index is 12.8. The van der Waals surface area contributed by atoms with Crippen LogP contribution in [0.2, 0.25) is 0 Å². The monoisotopic (exact) mass is 443 g/mol. The van der Waals surface area contributed by atoms with E-state index >= 15 is 0 Å². The Balaban J connectivity index is 1.30. The summed E-state index contributed by atoms with van der Waals surface area (Å²) in [6.45, 7) is 0.400. The number of carbonyl (C=O) groups is 3. The Kier molecular flexibility index (Phi) is 5.75. The van der Waals surface area contributed by atoms with Gasteiger partial charge in [0, 0.05) is 25.9 Å². The number of nitrogens with zero attached hydrogens (tertiary/aromatic N) is 2. The average Bonchev–Trinajstić information content (AvgIpc) is 3.07. The quantitative estimate of drug-likeness (QED) is 0.679. The van der Waals surface area contributed by atoms with Crippen LogP contribution in [0.1, 0.15) is 18.4 Å². The molecule has 0 saturated carbocycles. The van der Waals surface area contributed by atoms with E-state index in [2.05, 4.69) is 5.32 Å². The normalized spacial score (nSPS) is 17.5. The number of ether oxygens (including phenoxy) is 1. The predicted molar refractivity (Wildman–Crippen MR) is 110 cm³/mol. The molecule has 9 nitrogen and oxygen atoms in total. The van der Waals surface area contributed by atoms with Crippen molar-refractivity contribution in [3.63, 3.8) is 0 Å². The molecule has 0 spiro atoms. The smallest absolute Gasteiger partial charge is 0.407 e. The van der Waals surface area contributed by atoms with Crippen LogP contribution in [0.15, 0.2) is 59.5 Å². The van der Waals surface area contributed by atoms with E-state index in [0.29, 0.717) is 5.69 Å². The molecule has 2 aliphatic rings. The van der Waals surface area contributed by atoms with Crippen molar-refractivity contribution < 1.29 is 27.5 Å². The average molecular weight is 443 g/mol. The highest BCUT2D eigenvalue weighted by Crippen LogP contribution is 2.27. The van der Waals surface area contributed by atoms with Crippen LogP contribution in [-0.4, -0.2) is 49.8 Å². The van der Waals surface area contributed by atoms with Crippen molar-refractivity contribution in [3.8, 4) is 0 Å². The summed E-state index contributed by atoms with van der Waals surface area (Å²) in [5.74, 6) is -0.590. The van der Waals surface area contributed by atoms with Crippen LogP contribution in [0, 0.1) is 0 Å². The molecular formula is C21H21N3O6S. The van der Waals surface area contributed by atoms with Crippen LogP contribution in [-0.2, 0) is 31.0 Å². The fraction of sp³-hybridized carbons (Fsp3) is 0.286. The minimum atomic E-state index is -3.74. The summed E-state index contributed by atoms with van der Waals surface area (Å²) >= 11 is 0. The van der Waals surface area contributed by atoms with E-state index in [1.165, 1.54) is 28.6 Å². The van der Waals surface area contributed by atoms with Crippen molar-refractivity contribution in [3.05, 3.63) is 60.2 Å². The van der Waals surface area contributed by atoms with Gasteiger partial charge in [-0.05, 0) is 29.8 Å². The number of hydrogen-bond acceptors (Lipinski definition) is 6. The minimum Gasteiger partial charge on any atom is -0.445 e. The molecule has 2 aliphatic heterocycles. The maximum atomic E-state index is 12.8. The zero-order valence-electron chi connectivity index (χ0n) is 16.6. The number of alkyl carbamates (subject to hydrolysis) is 1. The summed E-state index contributed by atoms with van der Waals surface area (Å²) in [5, 5.41) is 2.65. The van der Waals surface area contributed by atoms with E-state index < -0.39 is 16.1 Å². The van der Waals surface area contributed by atoms with Crippen LogP contribution in [0.25, 0.3) is 0 Å². The van der Waals surface area contributed by atoms with E-state index in [1.54, 1.807) is 0 Å². The van der Waals surface area contributed by atoms with Crippen molar-refractivity contribution in [1.29, 1.82) is 0 Å². The molecule has 4 rings (SSSR count). The van der Waals surface area contributed by atoms with Crippen LogP contribution < -0.4 is 10.2 Å². The summed E-state index contributed by atoms with van der Waals surface area (Å²) in [7, 11) is -3.74. The third kappa shape index (κ3) is 4.44. The van der Waals surface area contributed by atoms with E-state index in [1.807, 2.05) is 30.3 Å². The van der Waals surface area contributed by atoms with E-state index in [4.69, 9.17) is 4.74 Å². The molecule has 2 aromatic rings. The highest BCUT2D eigenvalue weighted by molar-refractivity contribution is 7.89. The second kappa shape index (κ2) is 8.48. The van der Waals surface area contributed by atoms with Gasteiger partial charge >= 0.3 is 6.09 Å². The molecule has 0 radical (unpaired) electrons. The summed E-state index contributed by atoms with van der Waals surface area (Å²) in [6.07, 6.45) is -0.279. The van der Waals surface area contributed by atoms with Crippen LogP contribution in [0.3, 0.4) is 0 Å².